The molecule has 0 saturated carbocycles. The van der Waals surface area contributed by atoms with E-state index in [0.717, 1.165) is 10.5 Å². The number of hydrogen-bond acceptors (Lipinski definition) is 4. The molecule has 1 aromatic carbocycles. The average Bonchev–Trinajstić information content (AvgIpc) is 2.75. The molecule has 0 aliphatic carbocycles. The van der Waals surface area contributed by atoms with Crippen molar-refractivity contribution in [2.45, 2.75) is 31.5 Å². The van der Waals surface area contributed by atoms with Crippen molar-refractivity contribution in [2.75, 3.05) is 13.2 Å². The lowest BCUT2D eigenvalue weighted by Gasteiger charge is -2.34. The summed E-state index contributed by atoms with van der Waals surface area (Å²) >= 11 is 0. The summed E-state index contributed by atoms with van der Waals surface area (Å²) in [6.07, 6.45) is 0.264. The SMILES string of the molecule is CC1OCCC1(O)CN1C(=O)Cc2ccccc2C1=O. The van der Waals surface area contributed by atoms with Crippen LogP contribution in [0.5, 0.6) is 0 Å². The molecular formula is C15H17NO4. The van der Waals surface area contributed by atoms with Gasteiger partial charge in [0.05, 0.1) is 19.1 Å². The average molecular weight is 275 g/mol. The Labute approximate surface area is 117 Å². The number of fused-ring (bicyclic) bond motifs is 1. The minimum atomic E-state index is -1.14. The Balaban J connectivity index is 1.88. The lowest BCUT2D eigenvalue weighted by atomic mass is 9.92. The number of nitrogens with zero attached hydrogens (tertiary/aromatic N) is 1. The number of imide groups is 1. The largest absolute Gasteiger partial charge is 0.385 e. The van der Waals surface area contributed by atoms with Gasteiger partial charge < -0.3 is 9.84 Å². The Kier molecular flexibility index (Phi) is 3.11. The fourth-order valence-electron chi connectivity index (χ4n) is 2.81. The smallest absolute Gasteiger partial charge is 0.260 e. The lowest BCUT2D eigenvalue weighted by Crippen LogP contribution is -2.53. The van der Waals surface area contributed by atoms with Gasteiger partial charge in [-0.15, -0.1) is 0 Å². The van der Waals surface area contributed by atoms with Crippen molar-refractivity contribution in [1.29, 1.82) is 0 Å². The van der Waals surface area contributed by atoms with Gasteiger partial charge >= 0.3 is 0 Å². The standard InChI is InChI=1S/C15H17NO4/c1-10-15(19,6-7-20-10)9-16-13(17)8-11-4-2-3-5-12(11)14(16)18/h2-5,10,19H,6-9H2,1H3. The molecule has 1 saturated heterocycles. The Hall–Kier alpha value is -1.72. The highest BCUT2D eigenvalue weighted by Gasteiger charge is 2.44. The van der Waals surface area contributed by atoms with Crippen molar-refractivity contribution in [3.8, 4) is 0 Å². The molecule has 2 aliphatic heterocycles. The van der Waals surface area contributed by atoms with Crippen LogP contribution in [0.15, 0.2) is 24.3 Å². The predicted octanol–water partition coefficient (Wildman–Crippen LogP) is 0.751. The fraction of sp³-hybridized carbons (Fsp3) is 0.467. The Bertz CT molecular complexity index is 571. The van der Waals surface area contributed by atoms with Gasteiger partial charge in [0.2, 0.25) is 5.91 Å². The first-order valence-electron chi connectivity index (χ1n) is 6.78. The fourth-order valence-corrected chi connectivity index (χ4v) is 2.81. The zero-order chi connectivity index (χ0) is 14.3. The van der Waals surface area contributed by atoms with E-state index in [1.807, 2.05) is 6.07 Å². The molecule has 2 atom stereocenters. The second-order valence-corrected chi connectivity index (χ2v) is 5.49. The van der Waals surface area contributed by atoms with Gasteiger partial charge in [-0.05, 0) is 18.6 Å². The molecule has 0 spiro atoms. The topological polar surface area (TPSA) is 66.8 Å². The maximum absolute atomic E-state index is 12.4. The van der Waals surface area contributed by atoms with Gasteiger partial charge in [-0.2, -0.15) is 0 Å². The molecule has 0 aromatic heterocycles. The molecule has 20 heavy (non-hydrogen) atoms. The molecule has 1 fully saturated rings. The number of hydrogen-bond donors (Lipinski definition) is 1. The van der Waals surface area contributed by atoms with Crippen molar-refractivity contribution in [1.82, 2.24) is 4.90 Å². The molecule has 0 bridgehead atoms. The van der Waals surface area contributed by atoms with E-state index in [0.29, 0.717) is 18.6 Å². The summed E-state index contributed by atoms with van der Waals surface area (Å²) in [5, 5.41) is 10.5. The van der Waals surface area contributed by atoms with E-state index in [1.54, 1.807) is 25.1 Å². The summed E-state index contributed by atoms with van der Waals surface area (Å²) in [4.78, 5) is 25.7. The summed E-state index contributed by atoms with van der Waals surface area (Å²) in [5.41, 5.74) is 0.154. The van der Waals surface area contributed by atoms with E-state index in [9.17, 15) is 14.7 Å². The van der Waals surface area contributed by atoms with Crippen LogP contribution in [0.3, 0.4) is 0 Å². The first-order chi connectivity index (χ1) is 9.51. The molecule has 2 unspecified atom stereocenters. The summed E-state index contributed by atoms with van der Waals surface area (Å²) in [5.74, 6) is -0.592. The molecule has 1 N–H and O–H groups in total. The molecule has 5 nitrogen and oxygen atoms in total. The second kappa shape index (κ2) is 4.68. The minimum absolute atomic E-state index is 0.000166. The molecule has 2 aliphatic rings. The highest BCUT2D eigenvalue weighted by Crippen LogP contribution is 2.29. The predicted molar refractivity (Wildman–Crippen MR) is 71.2 cm³/mol. The summed E-state index contributed by atoms with van der Waals surface area (Å²) in [6.45, 7) is 2.21. The quantitative estimate of drug-likeness (QED) is 0.809. The van der Waals surface area contributed by atoms with Gasteiger partial charge in [0, 0.05) is 18.6 Å². The van der Waals surface area contributed by atoms with E-state index in [1.165, 1.54) is 0 Å². The third kappa shape index (κ3) is 2.03. The number of amides is 2. The van der Waals surface area contributed by atoms with E-state index in [-0.39, 0.29) is 30.9 Å². The van der Waals surface area contributed by atoms with E-state index in [2.05, 4.69) is 0 Å². The number of carbonyl (C=O) groups is 2. The van der Waals surface area contributed by atoms with Crippen molar-refractivity contribution in [3.63, 3.8) is 0 Å². The molecular weight excluding hydrogens is 258 g/mol. The van der Waals surface area contributed by atoms with E-state index < -0.39 is 5.60 Å². The number of benzene rings is 1. The molecule has 2 amide bonds. The first-order valence-corrected chi connectivity index (χ1v) is 6.78. The summed E-state index contributed by atoms with van der Waals surface area (Å²) < 4.78 is 5.35. The van der Waals surface area contributed by atoms with E-state index >= 15 is 0 Å². The first kappa shape index (κ1) is 13.3. The number of ether oxygens (including phenoxy) is 1. The zero-order valence-corrected chi connectivity index (χ0v) is 11.3. The van der Waals surface area contributed by atoms with Crippen LogP contribution in [0.1, 0.15) is 29.3 Å². The number of rotatable bonds is 2. The third-order valence-corrected chi connectivity index (χ3v) is 4.23. The van der Waals surface area contributed by atoms with Crippen LogP contribution in [-0.4, -0.2) is 46.7 Å². The van der Waals surface area contributed by atoms with Crippen LogP contribution >= 0.6 is 0 Å². The highest BCUT2D eigenvalue weighted by atomic mass is 16.5. The van der Waals surface area contributed by atoms with Crippen LogP contribution in [0.4, 0.5) is 0 Å². The van der Waals surface area contributed by atoms with Gasteiger partial charge in [-0.25, -0.2) is 0 Å². The third-order valence-electron chi connectivity index (χ3n) is 4.23. The van der Waals surface area contributed by atoms with Crippen LogP contribution in [0, 0.1) is 0 Å². The maximum atomic E-state index is 12.4. The summed E-state index contributed by atoms with van der Waals surface area (Å²) in [6, 6.07) is 7.10. The summed E-state index contributed by atoms with van der Waals surface area (Å²) in [7, 11) is 0. The molecule has 3 rings (SSSR count). The molecule has 2 heterocycles. The van der Waals surface area contributed by atoms with Crippen molar-refractivity contribution in [3.05, 3.63) is 35.4 Å². The molecule has 5 heteroatoms. The normalized spacial score (nSPS) is 29.7. The van der Waals surface area contributed by atoms with Crippen LogP contribution in [-0.2, 0) is 16.0 Å². The monoisotopic (exact) mass is 275 g/mol. The number of aliphatic hydroxyl groups is 1. The van der Waals surface area contributed by atoms with Crippen LogP contribution < -0.4 is 0 Å². The van der Waals surface area contributed by atoms with Gasteiger partial charge in [-0.1, -0.05) is 18.2 Å². The lowest BCUT2D eigenvalue weighted by molar-refractivity contribution is -0.132. The Morgan fingerprint density at radius 2 is 2.15 bits per heavy atom. The maximum Gasteiger partial charge on any atom is 0.260 e. The van der Waals surface area contributed by atoms with Crippen molar-refractivity contribution in [2.24, 2.45) is 0 Å². The molecule has 1 aromatic rings. The second-order valence-electron chi connectivity index (χ2n) is 5.49. The van der Waals surface area contributed by atoms with Gasteiger partial charge in [-0.3, -0.25) is 14.5 Å². The highest BCUT2D eigenvalue weighted by molar-refractivity contribution is 6.09. The number of carbonyl (C=O) groups excluding carboxylic acids is 2. The Morgan fingerprint density at radius 3 is 2.85 bits per heavy atom. The van der Waals surface area contributed by atoms with Gasteiger partial charge in [0.15, 0.2) is 0 Å². The Morgan fingerprint density at radius 1 is 1.40 bits per heavy atom. The van der Waals surface area contributed by atoms with Crippen LogP contribution in [0.25, 0.3) is 0 Å². The van der Waals surface area contributed by atoms with Crippen LogP contribution in [0.2, 0.25) is 0 Å². The zero-order valence-electron chi connectivity index (χ0n) is 11.3. The van der Waals surface area contributed by atoms with Gasteiger partial charge in [0.25, 0.3) is 5.91 Å². The van der Waals surface area contributed by atoms with E-state index in [4.69, 9.17) is 4.74 Å². The molecule has 0 radical (unpaired) electrons. The molecule has 106 valence electrons. The minimum Gasteiger partial charge on any atom is -0.385 e. The van der Waals surface area contributed by atoms with Crippen molar-refractivity contribution < 1.29 is 19.4 Å². The van der Waals surface area contributed by atoms with Gasteiger partial charge in [0.1, 0.15) is 5.60 Å². The number of β-amino-alcohol motifs (C(OH)–C–C–N with tert-alkyl or cyclic N) is 1. The van der Waals surface area contributed by atoms with Crippen molar-refractivity contribution >= 4 is 11.8 Å².